The van der Waals surface area contributed by atoms with Gasteiger partial charge in [0.05, 0.1) is 6.61 Å². The third-order valence-electron chi connectivity index (χ3n) is 3.29. The Morgan fingerprint density at radius 3 is 2.35 bits per heavy atom. The minimum absolute atomic E-state index is 0.270. The summed E-state index contributed by atoms with van der Waals surface area (Å²) in [5, 5.41) is 8.86. The van der Waals surface area contributed by atoms with E-state index in [0.717, 1.165) is 18.1 Å². The molecular weight excluding hydrogens is 230 g/mol. The molecule has 98 valence electrons. The molecule has 3 heteroatoms. The van der Waals surface area contributed by atoms with Crippen molar-refractivity contribution in [3.8, 4) is 0 Å². The summed E-state index contributed by atoms with van der Waals surface area (Å²) in [5.74, 6) is 2.50. The Morgan fingerprint density at radius 2 is 1.82 bits per heavy atom. The van der Waals surface area contributed by atoms with Crippen LogP contribution in [0.5, 0.6) is 0 Å². The number of hydrogen-bond acceptors (Lipinski definition) is 2. The van der Waals surface area contributed by atoms with E-state index in [2.05, 4.69) is 39.2 Å². The van der Waals surface area contributed by atoms with E-state index in [9.17, 15) is 0 Å². The molecule has 17 heavy (non-hydrogen) atoms. The molecule has 1 heterocycles. The summed E-state index contributed by atoms with van der Waals surface area (Å²) in [6, 6.07) is 0. The van der Waals surface area contributed by atoms with Crippen LogP contribution in [-0.2, 0) is 12.3 Å². The second kappa shape index (κ2) is 6.50. The third-order valence-corrected chi connectivity index (χ3v) is 4.24. The quantitative estimate of drug-likeness (QED) is 0.789. The molecule has 0 spiro atoms. The Labute approximate surface area is 109 Å². The lowest BCUT2D eigenvalue weighted by Crippen LogP contribution is -2.10. The fourth-order valence-electron chi connectivity index (χ4n) is 2.13. The smallest absolute Gasteiger partial charge is 0.0521 e. The fourth-order valence-corrected chi connectivity index (χ4v) is 2.97. The van der Waals surface area contributed by atoms with Crippen molar-refractivity contribution in [1.82, 2.24) is 4.57 Å². The molecule has 0 atom stereocenters. The molecule has 0 saturated carbocycles. The van der Waals surface area contributed by atoms with Gasteiger partial charge >= 0.3 is 0 Å². The standard InChI is InChI=1S/C14H25NOS/c1-10(2)8-15-13(5)11(3)12(4)14(15)9-17-7-6-16/h10,16H,6-9H2,1-5H3. The van der Waals surface area contributed by atoms with E-state index in [1.807, 2.05) is 11.8 Å². The summed E-state index contributed by atoms with van der Waals surface area (Å²) < 4.78 is 2.46. The molecule has 0 bridgehead atoms. The van der Waals surface area contributed by atoms with Gasteiger partial charge in [-0.15, -0.1) is 0 Å². The van der Waals surface area contributed by atoms with Crippen molar-refractivity contribution in [2.75, 3.05) is 12.4 Å². The summed E-state index contributed by atoms with van der Waals surface area (Å²) in [6.45, 7) is 12.5. The van der Waals surface area contributed by atoms with Crippen LogP contribution in [0.25, 0.3) is 0 Å². The Hall–Kier alpha value is -0.410. The van der Waals surface area contributed by atoms with Crippen molar-refractivity contribution in [1.29, 1.82) is 0 Å². The molecule has 0 aliphatic heterocycles. The first-order valence-electron chi connectivity index (χ1n) is 6.32. The monoisotopic (exact) mass is 255 g/mol. The predicted octanol–water partition coefficient (Wildman–Crippen LogP) is 3.29. The topological polar surface area (TPSA) is 25.2 Å². The molecule has 0 fully saturated rings. The number of thioether (sulfide) groups is 1. The van der Waals surface area contributed by atoms with Crippen LogP contribution in [0.1, 0.15) is 36.4 Å². The van der Waals surface area contributed by atoms with Gasteiger partial charge in [0.1, 0.15) is 0 Å². The molecule has 0 saturated heterocycles. The summed E-state index contributed by atoms with van der Waals surface area (Å²) in [6.07, 6.45) is 0. The Bertz CT molecular complexity index is 369. The van der Waals surface area contributed by atoms with Gasteiger partial charge in [-0.05, 0) is 37.8 Å². The van der Waals surface area contributed by atoms with Crippen LogP contribution in [-0.4, -0.2) is 22.0 Å². The maximum Gasteiger partial charge on any atom is 0.0521 e. The van der Waals surface area contributed by atoms with Gasteiger partial charge in [-0.2, -0.15) is 11.8 Å². The fraction of sp³-hybridized carbons (Fsp3) is 0.714. The van der Waals surface area contributed by atoms with Gasteiger partial charge in [-0.3, -0.25) is 0 Å². The Balaban J connectivity index is 2.95. The van der Waals surface area contributed by atoms with Crippen LogP contribution in [0, 0.1) is 26.7 Å². The van der Waals surface area contributed by atoms with Gasteiger partial charge in [0.25, 0.3) is 0 Å². The average molecular weight is 255 g/mol. The van der Waals surface area contributed by atoms with E-state index in [0.29, 0.717) is 5.92 Å². The first-order valence-corrected chi connectivity index (χ1v) is 7.48. The van der Waals surface area contributed by atoms with Gasteiger partial charge in [0.2, 0.25) is 0 Å². The molecule has 0 aromatic carbocycles. The molecule has 1 aromatic heterocycles. The van der Waals surface area contributed by atoms with Crippen molar-refractivity contribution in [3.63, 3.8) is 0 Å². The maximum absolute atomic E-state index is 8.86. The Morgan fingerprint density at radius 1 is 1.18 bits per heavy atom. The van der Waals surface area contributed by atoms with Crippen LogP contribution in [0.4, 0.5) is 0 Å². The number of rotatable bonds is 6. The van der Waals surface area contributed by atoms with E-state index in [-0.39, 0.29) is 6.61 Å². The highest BCUT2D eigenvalue weighted by Crippen LogP contribution is 2.25. The van der Waals surface area contributed by atoms with Crippen LogP contribution in [0.3, 0.4) is 0 Å². The van der Waals surface area contributed by atoms with Gasteiger partial charge in [-0.1, -0.05) is 13.8 Å². The minimum atomic E-state index is 0.270. The molecule has 0 aliphatic carbocycles. The highest BCUT2D eigenvalue weighted by molar-refractivity contribution is 7.98. The van der Waals surface area contributed by atoms with Gasteiger partial charge in [0.15, 0.2) is 0 Å². The van der Waals surface area contributed by atoms with Gasteiger partial charge < -0.3 is 9.67 Å². The van der Waals surface area contributed by atoms with Crippen LogP contribution in [0.2, 0.25) is 0 Å². The van der Waals surface area contributed by atoms with E-state index in [4.69, 9.17) is 5.11 Å². The summed E-state index contributed by atoms with van der Waals surface area (Å²) in [5.41, 5.74) is 5.68. The highest BCUT2D eigenvalue weighted by atomic mass is 32.2. The molecule has 1 aromatic rings. The second-order valence-corrected chi connectivity index (χ2v) is 6.17. The van der Waals surface area contributed by atoms with Crippen molar-refractivity contribution in [3.05, 3.63) is 22.5 Å². The SMILES string of the molecule is Cc1c(C)c(CSCCO)n(CC(C)C)c1C. The zero-order valence-electron chi connectivity index (χ0n) is 11.7. The molecule has 0 unspecified atom stereocenters. The third kappa shape index (κ3) is 3.52. The van der Waals surface area contributed by atoms with Crippen molar-refractivity contribution in [2.45, 2.75) is 46.9 Å². The summed E-state index contributed by atoms with van der Waals surface area (Å²) in [7, 11) is 0. The molecule has 0 amide bonds. The lowest BCUT2D eigenvalue weighted by Gasteiger charge is -2.14. The second-order valence-electron chi connectivity index (χ2n) is 5.06. The summed E-state index contributed by atoms with van der Waals surface area (Å²) in [4.78, 5) is 0. The van der Waals surface area contributed by atoms with Crippen molar-refractivity contribution >= 4 is 11.8 Å². The van der Waals surface area contributed by atoms with E-state index in [1.54, 1.807) is 0 Å². The largest absolute Gasteiger partial charge is 0.396 e. The van der Waals surface area contributed by atoms with Crippen molar-refractivity contribution in [2.24, 2.45) is 5.92 Å². The number of aliphatic hydroxyl groups excluding tert-OH is 1. The zero-order chi connectivity index (χ0) is 13.0. The minimum Gasteiger partial charge on any atom is -0.396 e. The number of hydrogen-bond donors (Lipinski definition) is 1. The molecular formula is C14H25NOS. The van der Waals surface area contributed by atoms with E-state index >= 15 is 0 Å². The predicted molar refractivity (Wildman–Crippen MR) is 76.7 cm³/mol. The summed E-state index contributed by atoms with van der Waals surface area (Å²) >= 11 is 1.81. The highest BCUT2D eigenvalue weighted by Gasteiger charge is 2.14. The molecule has 1 N–H and O–H groups in total. The number of aliphatic hydroxyl groups is 1. The first-order chi connectivity index (χ1) is 7.99. The van der Waals surface area contributed by atoms with Crippen molar-refractivity contribution < 1.29 is 5.11 Å². The first kappa shape index (κ1) is 14.7. The Kier molecular flexibility index (Phi) is 5.60. The van der Waals surface area contributed by atoms with Gasteiger partial charge in [0, 0.05) is 29.4 Å². The average Bonchev–Trinajstić information content (AvgIpc) is 2.46. The lowest BCUT2D eigenvalue weighted by atomic mass is 10.2. The zero-order valence-corrected chi connectivity index (χ0v) is 12.5. The van der Waals surface area contributed by atoms with E-state index < -0.39 is 0 Å². The number of nitrogens with zero attached hydrogens (tertiary/aromatic N) is 1. The molecule has 1 rings (SSSR count). The molecule has 0 aliphatic rings. The molecule has 0 radical (unpaired) electrons. The number of aromatic nitrogens is 1. The van der Waals surface area contributed by atoms with E-state index in [1.165, 1.54) is 22.5 Å². The lowest BCUT2D eigenvalue weighted by molar-refractivity contribution is 0.322. The van der Waals surface area contributed by atoms with Crippen LogP contribution < -0.4 is 0 Å². The maximum atomic E-state index is 8.86. The van der Waals surface area contributed by atoms with Crippen LogP contribution >= 0.6 is 11.8 Å². The van der Waals surface area contributed by atoms with Crippen LogP contribution in [0.15, 0.2) is 0 Å². The van der Waals surface area contributed by atoms with Gasteiger partial charge in [-0.25, -0.2) is 0 Å². The molecule has 2 nitrogen and oxygen atoms in total. The normalized spacial score (nSPS) is 11.5.